The number of carboxylic acids is 1. The summed E-state index contributed by atoms with van der Waals surface area (Å²) in [6, 6.07) is 5.48. The number of fused-ring (bicyclic) bond motifs is 2. The molecule has 0 aliphatic heterocycles. The summed E-state index contributed by atoms with van der Waals surface area (Å²) >= 11 is 0. The highest BCUT2D eigenvalue weighted by molar-refractivity contribution is 5.97. The number of carboxylic acid groups (broad SMARTS) is 1. The second kappa shape index (κ2) is 5.48. The molecule has 2 aliphatic rings. The van der Waals surface area contributed by atoms with Crippen LogP contribution in [0.4, 0.5) is 5.69 Å². The molecule has 1 aromatic carbocycles. The maximum Gasteiger partial charge on any atom is 0.228 e. The van der Waals surface area contributed by atoms with E-state index in [1.165, 1.54) is 7.11 Å². The fourth-order valence-corrected chi connectivity index (χ4v) is 3.64. The lowest BCUT2D eigenvalue weighted by molar-refractivity contribution is -0.313. The first-order valence-corrected chi connectivity index (χ1v) is 7.36. The van der Waals surface area contributed by atoms with Crippen molar-refractivity contribution in [2.75, 3.05) is 12.4 Å². The topological polar surface area (TPSA) is 78.5 Å². The number of allylic oxidation sites excluding steroid dienone is 2. The Kier molecular flexibility index (Phi) is 3.64. The van der Waals surface area contributed by atoms with Crippen molar-refractivity contribution in [3.63, 3.8) is 0 Å². The number of rotatable bonds is 4. The fraction of sp³-hybridized carbons (Fsp3) is 0.412. The Bertz CT molecular complexity index is 652. The van der Waals surface area contributed by atoms with Crippen molar-refractivity contribution in [3.05, 3.63) is 35.9 Å². The largest absolute Gasteiger partial charge is 0.550 e. The number of benzene rings is 1. The van der Waals surface area contributed by atoms with Gasteiger partial charge < -0.3 is 20.0 Å². The van der Waals surface area contributed by atoms with Gasteiger partial charge in [0.05, 0.1) is 18.7 Å². The van der Waals surface area contributed by atoms with Gasteiger partial charge in [0.2, 0.25) is 5.91 Å². The van der Waals surface area contributed by atoms with Crippen molar-refractivity contribution in [3.8, 4) is 5.75 Å². The van der Waals surface area contributed by atoms with E-state index < -0.39 is 17.8 Å². The van der Waals surface area contributed by atoms with Crippen molar-refractivity contribution in [2.24, 2.45) is 23.7 Å². The third-order valence-electron chi connectivity index (χ3n) is 4.65. The minimum atomic E-state index is -1.15. The van der Waals surface area contributed by atoms with Crippen LogP contribution in [-0.2, 0) is 9.59 Å². The number of amides is 1. The molecule has 0 aromatic heterocycles. The predicted octanol–water partition coefficient (Wildman–Crippen LogP) is 1.13. The van der Waals surface area contributed by atoms with Crippen molar-refractivity contribution < 1.29 is 19.4 Å². The van der Waals surface area contributed by atoms with E-state index in [-0.39, 0.29) is 17.7 Å². The van der Waals surface area contributed by atoms with Crippen LogP contribution >= 0.6 is 0 Å². The van der Waals surface area contributed by atoms with E-state index in [1.54, 1.807) is 6.07 Å². The molecule has 1 N–H and O–H groups in total. The van der Waals surface area contributed by atoms with Gasteiger partial charge in [-0.2, -0.15) is 0 Å². The third-order valence-corrected chi connectivity index (χ3v) is 4.65. The number of hydrogen-bond acceptors (Lipinski definition) is 4. The molecule has 5 heteroatoms. The molecule has 4 atom stereocenters. The van der Waals surface area contributed by atoms with E-state index in [2.05, 4.69) is 5.32 Å². The summed E-state index contributed by atoms with van der Waals surface area (Å²) in [5.41, 5.74) is 1.55. The Morgan fingerprint density at radius 3 is 2.55 bits per heavy atom. The fourth-order valence-electron chi connectivity index (χ4n) is 3.64. The van der Waals surface area contributed by atoms with E-state index in [9.17, 15) is 14.7 Å². The summed E-state index contributed by atoms with van der Waals surface area (Å²) in [6.45, 7) is 1.92. The van der Waals surface area contributed by atoms with Crippen LogP contribution in [-0.4, -0.2) is 19.0 Å². The summed E-state index contributed by atoms with van der Waals surface area (Å²) < 4.78 is 5.24. The number of aliphatic carboxylic acids is 1. The normalized spacial score (nSPS) is 28.6. The molecule has 0 radical (unpaired) electrons. The van der Waals surface area contributed by atoms with Gasteiger partial charge in [-0.1, -0.05) is 18.2 Å². The first-order chi connectivity index (χ1) is 10.5. The number of nitrogens with one attached hydrogen (secondary N) is 1. The SMILES string of the molecule is COc1ccc(C)cc1NC(=O)[C@H]1[C@@H](C(=O)[O-])[C@H]2C=C[C@H]1C2. The summed E-state index contributed by atoms with van der Waals surface area (Å²) in [6.07, 6.45) is 4.55. The predicted molar refractivity (Wildman–Crippen MR) is 79.1 cm³/mol. The zero-order chi connectivity index (χ0) is 15.9. The van der Waals surface area contributed by atoms with Crippen molar-refractivity contribution in [1.29, 1.82) is 0 Å². The maximum atomic E-state index is 12.6. The summed E-state index contributed by atoms with van der Waals surface area (Å²) in [5.74, 6) is -2.31. The zero-order valence-corrected chi connectivity index (χ0v) is 12.5. The molecule has 0 unspecified atom stereocenters. The minimum absolute atomic E-state index is 0.0243. The van der Waals surface area contributed by atoms with Crippen molar-refractivity contribution >= 4 is 17.6 Å². The van der Waals surface area contributed by atoms with Gasteiger partial charge >= 0.3 is 0 Å². The van der Waals surface area contributed by atoms with E-state index in [0.717, 1.165) is 5.56 Å². The van der Waals surface area contributed by atoms with Crippen LogP contribution in [0, 0.1) is 30.6 Å². The standard InChI is InChI=1S/C17H19NO4/c1-9-3-6-13(22-2)12(7-9)18-16(19)14-10-4-5-11(8-10)15(14)17(20)21/h3-7,10-11,14-15H,8H2,1-2H3,(H,18,19)(H,20,21)/p-1/t10-,11-,14+,15-/m0/s1. The monoisotopic (exact) mass is 300 g/mol. The molecule has 5 nitrogen and oxygen atoms in total. The molecule has 0 heterocycles. The van der Waals surface area contributed by atoms with Crippen LogP contribution in [0.15, 0.2) is 30.4 Å². The van der Waals surface area contributed by atoms with E-state index in [4.69, 9.17) is 4.74 Å². The molecular formula is C17H18NO4-. The zero-order valence-electron chi connectivity index (χ0n) is 12.5. The van der Waals surface area contributed by atoms with Gasteiger partial charge in [-0.3, -0.25) is 4.79 Å². The number of hydrogen-bond donors (Lipinski definition) is 1. The quantitative estimate of drug-likeness (QED) is 0.846. The highest BCUT2D eigenvalue weighted by Crippen LogP contribution is 2.48. The van der Waals surface area contributed by atoms with Crippen molar-refractivity contribution in [1.82, 2.24) is 0 Å². The number of aryl methyl sites for hydroxylation is 1. The molecule has 22 heavy (non-hydrogen) atoms. The second-order valence-corrected chi connectivity index (χ2v) is 6.01. The molecular weight excluding hydrogens is 282 g/mol. The van der Waals surface area contributed by atoms with Crippen LogP contribution in [0.3, 0.4) is 0 Å². The van der Waals surface area contributed by atoms with Crippen LogP contribution in [0.25, 0.3) is 0 Å². The lowest BCUT2D eigenvalue weighted by Gasteiger charge is -2.28. The van der Waals surface area contributed by atoms with Gasteiger partial charge in [0, 0.05) is 11.9 Å². The number of carbonyl (C=O) groups excluding carboxylic acids is 2. The average molecular weight is 300 g/mol. The molecule has 2 bridgehead atoms. The second-order valence-electron chi connectivity index (χ2n) is 6.01. The summed E-state index contributed by atoms with van der Waals surface area (Å²) in [7, 11) is 1.53. The number of carbonyl (C=O) groups is 2. The van der Waals surface area contributed by atoms with Crippen LogP contribution in [0.1, 0.15) is 12.0 Å². The molecule has 0 spiro atoms. The lowest BCUT2D eigenvalue weighted by atomic mass is 9.82. The van der Waals surface area contributed by atoms with Gasteiger partial charge in [0.1, 0.15) is 5.75 Å². The number of anilines is 1. The summed E-state index contributed by atoms with van der Waals surface area (Å²) in [4.78, 5) is 24.0. The Morgan fingerprint density at radius 2 is 1.91 bits per heavy atom. The van der Waals surface area contributed by atoms with Crippen LogP contribution < -0.4 is 15.2 Å². The smallest absolute Gasteiger partial charge is 0.228 e. The Morgan fingerprint density at radius 1 is 1.23 bits per heavy atom. The van der Waals surface area contributed by atoms with Gasteiger partial charge in [0.25, 0.3) is 0 Å². The highest BCUT2D eigenvalue weighted by atomic mass is 16.5. The van der Waals surface area contributed by atoms with Gasteiger partial charge in [-0.15, -0.1) is 0 Å². The van der Waals surface area contributed by atoms with Gasteiger partial charge in [-0.05, 0) is 42.9 Å². The highest BCUT2D eigenvalue weighted by Gasteiger charge is 2.48. The molecule has 1 amide bonds. The molecule has 1 saturated carbocycles. The molecule has 3 rings (SSSR count). The molecule has 0 saturated heterocycles. The Labute approximate surface area is 129 Å². The van der Waals surface area contributed by atoms with Gasteiger partial charge in [0.15, 0.2) is 0 Å². The first kappa shape index (κ1) is 14.6. The van der Waals surface area contributed by atoms with Crippen molar-refractivity contribution in [2.45, 2.75) is 13.3 Å². The van der Waals surface area contributed by atoms with E-state index >= 15 is 0 Å². The molecule has 1 aromatic rings. The maximum absolute atomic E-state index is 12.6. The molecule has 2 aliphatic carbocycles. The van der Waals surface area contributed by atoms with E-state index in [1.807, 2.05) is 31.2 Å². The first-order valence-electron chi connectivity index (χ1n) is 7.36. The Hall–Kier alpha value is -2.30. The lowest BCUT2D eigenvalue weighted by Crippen LogP contribution is -2.42. The number of methoxy groups -OCH3 is 1. The Balaban J connectivity index is 1.84. The van der Waals surface area contributed by atoms with E-state index in [0.29, 0.717) is 17.9 Å². The summed E-state index contributed by atoms with van der Waals surface area (Å²) in [5, 5.41) is 14.2. The average Bonchev–Trinajstić information content (AvgIpc) is 3.08. The van der Waals surface area contributed by atoms with Crippen LogP contribution in [0.2, 0.25) is 0 Å². The number of ether oxygens (including phenoxy) is 1. The third kappa shape index (κ3) is 2.36. The molecule has 116 valence electrons. The minimum Gasteiger partial charge on any atom is -0.550 e. The van der Waals surface area contributed by atoms with Gasteiger partial charge in [-0.25, -0.2) is 0 Å². The van der Waals surface area contributed by atoms with Crippen LogP contribution in [0.5, 0.6) is 5.75 Å². The molecule has 1 fully saturated rings.